The van der Waals surface area contributed by atoms with E-state index in [-0.39, 0.29) is 5.91 Å². The summed E-state index contributed by atoms with van der Waals surface area (Å²) in [6.45, 7) is 5.05. The van der Waals surface area contributed by atoms with Gasteiger partial charge in [0.05, 0.1) is 17.6 Å². The number of imidazole rings is 1. The van der Waals surface area contributed by atoms with Crippen molar-refractivity contribution in [1.29, 1.82) is 0 Å². The molecular formula is C26H25N3O. The second kappa shape index (κ2) is 8.78. The standard InChI is InChI=1S/C26H25N3O/c1-19-14-15-22(20(2)17-19)26(30)27-18-25-28-23-12-6-7-13-24(23)29(25)16-8-11-21-9-4-3-5-10-21/h3-15,17H,16,18H2,1-2H3,(H,27,30)/b11-8+. The van der Waals surface area contributed by atoms with E-state index in [9.17, 15) is 4.79 Å². The number of allylic oxidation sites excluding steroid dienone is 1. The van der Waals surface area contributed by atoms with Crippen LogP contribution in [0.15, 0.2) is 78.9 Å². The van der Waals surface area contributed by atoms with E-state index in [0.717, 1.165) is 33.5 Å². The molecule has 0 saturated carbocycles. The third kappa shape index (κ3) is 4.33. The maximum Gasteiger partial charge on any atom is 0.251 e. The van der Waals surface area contributed by atoms with E-state index in [1.54, 1.807) is 0 Å². The lowest BCUT2D eigenvalue weighted by Crippen LogP contribution is -2.25. The van der Waals surface area contributed by atoms with Crippen molar-refractivity contribution in [3.63, 3.8) is 0 Å². The SMILES string of the molecule is Cc1ccc(C(=O)NCc2nc3ccccc3n2C/C=C/c2ccccc2)c(C)c1. The summed E-state index contributed by atoms with van der Waals surface area (Å²) in [6.07, 6.45) is 4.23. The van der Waals surface area contributed by atoms with E-state index in [2.05, 4.69) is 40.2 Å². The van der Waals surface area contributed by atoms with Gasteiger partial charge in [-0.2, -0.15) is 0 Å². The Balaban J connectivity index is 1.55. The molecule has 0 aliphatic carbocycles. The first-order valence-corrected chi connectivity index (χ1v) is 10.1. The van der Waals surface area contributed by atoms with E-state index >= 15 is 0 Å². The molecule has 0 aliphatic heterocycles. The summed E-state index contributed by atoms with van der Waals surface area (Å²) in [4.78, 5) is 17.5. The lowest BCUT2D eigenvalue weighted by molar-refractivity contribution is 0.0949. The highest BCUT2D eigenvalue weighted by molar-refractivity contribution is 5.95. The van der Waals surface area contributed by atoms with Gasteiger partial charge in [-0.15, -0.1) is 0 Å². The van der Waals surface area contributed by atoms with Crippen LogP contribution in [0, 0.1) is 13.8 Å². The average molecular weight is 396 g/mol. The molecule has 4 rings (SSSR count). The minimum atomic E-state index is -0.0778. The van der Waals surface area contributed by atoms with Gasteiger partial charge in [0, 0.05) is 12.1 Å². The Morgan fingerprint density at radius 1 is 1.00 bits per heavy atom. The predicted molar refractivity (Wildman–Crippen MR) is 122 cm³/mol. The van der Waals surface area contributed by atoms with Crippen molar-refractivity contribution in [2.24, 2.45) is 0 Å². The molecule has 3 aromatic carbocycles. The van der Waals surface area contributed by atoms with E-state index < -0.39 is 0 Å². The number of aryl methyl sites for hydroxylation is 2. The lowest BCUT2D eigenvalue weighted by Gasteiger charge is -2.10. The minimum absolute atomic E-state index is 0.0778. The maximum atomic E-state index is 12.7. The molecule has 0 saturated heterocycles. The van der Waals surface area contributed by atoms with E-state index in [1.165, 1.54) is 0 Å². The van der Waals surface area contributed by atoms with Gasteiger partial charge in [-0.25, -0.2) is 4.98 Å². The molecule has 1 heterocycles. The van der Waals surface area contributed by atoms with Crippen molar-refractivity contribution >= 4 is 23.0 Å². The van der Waals surface area contributed by atoms with Crippen molar-refractivity contribution in [3.05, 3.63) is 107 Å². The number of hydrogen-bond donors (Lipinski definition) is 1. The summed E-state index contributed by atoms with van der Waals surface area (Å²) in [6, 6.07) is 24.2. The van der Waals surface area contributed by atoms with E-state index in [1.807, 2.05) is 68.4 Å². The van der Waals surface area contributed by atoms with Crippen LogP contribution in [0.2, 0.25) is 0 Å². The summed E-state index contributed by atoms with van der Waals surface area (Å²) in [5.41, 5.74) is 5.98. The summed E-state index contributed by atoms with van der Waals surface area (Å²) in [5, 5.41) is 3.04. The van der Waals surface area contributed by atoms with E-state index in [0.29, 0.717) is 18.7 Å². The average Bonchev–Trinajstić information content (AvgIpc) is 3.10. The highest BCUT2D eigenvalue weighted by atomic mass is 16.1. The summed E-state index contributed by atoms with van der Waals surface area (Å²) < 4.78 is 2.15. The lowest BCUT2D eigenvalue weighted by atomic mass is 10.1. The molecule has 4 aromatic rings. The quantitative estimate of drug-likeness (QED) is 0.482. The second-order valence-electron chi connectivity index (χ2n) is 7.44. The van der Waals surface area contributed by atoms with Gasteiger partial charge in [0.25, 0.3) is 5.91 Å². The highest BCUT2D eigenvalue weighted by Gasteiger charge is 2.13. The van der Waals surface area contributed by atoms with Crippen molar-refractivity contribution in [2.45, 2.75) is 26.9 Å². The monoisotopic (exact) mass is 395 g/mol. The maximum absolute atomic E-state index is 12.7. The number of rotatable bonds is 6. The van der Waals surface area contributed by atoms with Gasteiger partial charge < -0.3 is 9.88 Å². The number of nitrogens with zero attached hydrogens (tertiary/aromatic N) is 2. The molecule has 1 amide bonds. The number of amides is 1. The zero-order valence-corrected chi connectivity index (χ0v) is 17.3. The third-order valence-corrected chi connectivity index (χ3v) is 5.17. The van der Waals surface area contributed by atoms with Gasteiger partial charge in [0.1, 0.15) is 5.82 Å². The topological polar surface area (TPSA) is 46.9 Å². The van der Waals surface area contributed by atoms with Crippen LogP contribution in [-0.2, 0) is 13.1 Å². The Bertz CT molecular complexity index is 1210. The van der Waals surface area contributed by atoms with Gasteiger partial charge in [0.2, 0.25) is 0 Å². The number of nitrogens with one attached hydrogen (secondary N) is 1. The Morgan fingerprint density at radius 2 is 1.77 bits per heavy atom. The summed E-state index contributed by atoms with van der Waals surface area (Å²) in [7, 11) is 0. The zero-order valence-electron chi connectivity index (χ0n) is 17.3. The van der Waals surface area contributed by atoms with Crippen molar-refractivity contribution in [1.82, 2.24) is 14.9 Å². The molecule has 0 spiro atoms. The molecule has 0 bridgehead atoms. The molecule has 4 nitrogen and oxygen atoms in total. The molecule has 0 unspecified atom stereocenters. The molecule has 0 fully saturated rings. The Hall–Kier alpha value is -3.66. The normalized spacial score (nSPS) is 11.3. The largest absolute Gasteiger partial charge is 0.345 e. The number of hydrogen-bond acceptors (Lipinski definition) is 2. The molecule has 30 heavy (non-hydrogen) atoms. The minimum Gasteiger partial charge on any atom is -0.345 e. The van der Waals surface area contributed by atoms with Crippen molar-refractivity contribution in [2.75, 3.05) is 0 Å². The Morgan fingerprint density at radius 3 is 2.57 bits per heavy atom. The number of benzene rings is 3. The number of para-hydroxylation sites is 2. The van der Waals surface area contributed by atoms with E-state index in [4.69, 9.17) is 4.98 Å². The summed E-state index contributed by atoms with van der Waals surface area (Å²) in [5.74, 6) is 0.762. The number of fused-ring (bicyclic) bond motifs is 1. The second-order valence-corrected chi connectivity index (χ2v) is 7.44. The van der Waals surface area contributed by atoms with Crippen LogP contribution in [-0.4, -0.2) is 15.5 Å². The van der Waals surface area contributed by atoms with Crippen LogP contribution in [0.25, 0.3) is 17.1 Å². The first-order chi connectivity index (χ1) is 14.6. The predicted octanol–water partition coefficient (Wildman–Crippen LogP) is 5.30. The molecule has 1 N–H and O–H groups in total. The van der Waals surface area contributed by atoms with Gasteiger partial charge >= 0.3 is 0 Å². The smallest absolute Gasteiger partial charge is 0.251 e. The third-order valence-electron chi connectivity index (χ3n) is 5.17. The van der Waals surface area contributed by atoms with Crippen LogP contribution in [0.5, 0.6) is 0 Å². The van der Waals surface area contributed by atoms with Crippen LogP contribution in [0.4, 0.5) is 0 Å². The molecule has 1 aromatic heterocycles. The van der Waals surface area contributed by atoms with Crippen molar-refractivity contribution in [3.8, 4) is 0 Å². The Kier molecular flexibility index (Phi) is 5.75. The first-order valence-electron chi connectivity index (χ1n) is 10.1. The highest BCUT2D eigenvalue weighted by Crippen LogP contribution is 2.17. The fourth-order valence-corrected chi connectivity index (χ4v) is 3.65. The first kappa shape index (κ1) is 19.6. The van der Waals surface area contributed by atoms with Gasteiger partial charge in [-0.1, -0.05) is 72.3 Å². The fourth-order valence-electron chi connectivity index (χ4n) is 3.65. The van der Waals surface area contributed by atoms with Crippen LogP contribution < -0.4 is 5.32 Å². The number of aromatic nitrogens is 2. The summed E-state index contributed by atoms with van der Waals surface area (Å²) >= 11 is 0. The molecule has 0 atom stereocenters. The number of carbonyl (C=O) groups excluding carboxylic acids is 1. The molecular weight excluding hydrogens is 370 g/mol. The van der Waals surface area contributed by atoms with Crippen LogP contribution in [0.3, 0.4) is 0 Å². The van der Waals surface area contributed by atoms with Gasteiger partial charge in [0.15, 0.2) is 0 Å². The molecule has 4 heteroatoms. The molecule has 0 aliphatic rings. The Labute approximate surface area is 176 Å². The van der Waals surface area contributed by atoms with Gasteiger partial charge in [-0.05, 0) is 43.2 Å². The fraction of sp³-hybridized carbons (Fsp3) is 0.154. The number of carbonyl (C=O) groups is 1. The van der Waals surface area contributed by atoms with Crippen LogP contribution >= 0.6 is 0 Å². The van der Waals surface area contributed by atoms with Gasteiger partial charge in [-0.3, -0.25) is 4.79 Å². The zero-order chi connectivity index (χ0) is 20.9. The molecule has 0 radical (unpaired) electrons. The van der Waals surface area contributed by atoms with Crippen LogP contribution in [0.1, 0.15) is 32.9 Å². The molecule has 150 valence electrons. The van der Waals surface area contributed by atoms with Crippen molar-refractivity contribution < 1.29 is 4.79 Å².